The normalized spacial score (nSPS) is 20.4. The van der Waals surface area contributed by atoms with Gasteiger partial charge in [0.25, 0.3) is 0 Å². The maximum absolute atomic E-state index is 11.7. The number of hydrogen-bond acceptors (Lipinski definition) is 3. The van der Waals surface area contributed by atoms with Crippen LogP contribution in [0.25, 0.3) is 0 Å². The summed E-state index contributed by atoms with van der Waals surface area (Å²) in [5, 5.41) is 0. The molecule has 0 radical (unpaired) electrons. The predicted molar refractivity (Wildman–Crippen MR) is 208 cm³/mol. The minimum absolute atomic E-state index is 0.124. The molecule has 262 valence electrons. The Morgan fingerprint density at radius 2 is 0.837 bits per heavy atom. The first kappa shape index (κ1) is 34.4. The van der Waals surface area contributed by atoms with Crippen molar-refractivity contribution in [3.63, 3.8) is 0 Å². The SMILES string of the molecule is Cc1cc(N(C2CCCCC2)C2CCCCC2)ccc1C(c1ccc(C=O)cc1)c1ccc(N(C2CCCCC2)C2CCCCC2)cc1C. The molecular formula is C46H62N2O. The van der Waals surface area contributed by atoms with E-state index in [0.29, 0.717) is 24.2 Å². The average Bonchev–Trinajstić information content (AvgIpc) is 3.15. The molecule has 0 N–H and O–H groups in total. The van der Waals surface area contributed by atoms with Gasteiger partial charge in [-0.25, -0.2) is 0 Å². The van der Waals surface area contributed by atoms with Crippen LogP contribution >= 0.6 is 0 Å². The van der Waals surface area contributed by atoms with Gasteiger partial charge in [-0.15, -0.1) is 0 Å². The van der Waals surface area contributed by atoms with Crippen LogP contribution in [0, 0.1) is 13.8 Å². The summed E-state index contributed by atoms with van der Waals surface area (Å²) in [6, 6.07) is 26.0. The lowest BCUT2D eigenvalue weighted by Crippen LogP contribution is -2.45. The lowest BCUT2D eigenvalue weighted by atomic mass is 9.80. The van der Waals surface area contributed by atoms with Gasteiger partial charge in [-0.3, -0.25) is 4.79 Å². The summed E-state index contributed by atoms with van der Waals surface area (Å²) in [5.41, 5.74) is 10.4. The number of benzene rings is 3. The summed E-state index contributed by atoms with van der Waals surface area (Å²) in [5.74, 6) is 0.124. The summed E-state index contributed by atoms with van der Waals surface area (Å²) in [6.07, 6.45) is 28.3. The fraction of sp³-hybridized carbons (Fsp3) is 0.587. The van der Waals surface area contributed by atoms with Crippen molar-refractivity contribution in [1.82, 2.24) is 0 Å². The zero-order valence-corrected chi connectivity index (χ0v) is 30.7. The standard InChI is InChI=1S/C46H62N2O/c1-34-31-42(47(38-15-7-3-8-16-38)39-17-9-4-10-18-39)27-29-44(34)46(37-25-23-36(33-49)24-26-37)45-30-28-43(32-35(45)2)48(40-19-11-5-12-20-40)41-21-13-6-14-22-41/h23-33,38-41,46H,3-22H2,1-2H3. The molecule has 3 heteroatoms. The van der Waals surface area contributed by atoms with Crippen molar-refractivity contribution < 1.29 is 4.79 Å². The van der Waals surface area contributed by atoms with Crippen LogP contribution in [-0.4, -0.2) is 30.5 Å². The maximum atomic E-state index is 11.7. The molecule has 4 aliphatic rings. The Labute approximate surface area is 297 Å². The van der Waals surface area contributed by atoms with Crippen molar-refractivity contribution in [2.45, 2.75) is 172 Å². The second-order valence-electron chi connectivity index (χ2n) is 16.3. The number of aryl methyl sites for hydroxylation is 2. The van der Waals surface area contributed by atoms with Crippen LogP contribution in [0.4, 0.5) is 11.4 Å². The van der Waals surface area contributed by atoms with Crippen LogP contribution in [0.5, 0.6) is 0 Å². The molecule has 4 saturated carbocycles. The highest BCUT2D eigenvalue weighted by Crippen LogP contribution is 2.42. The van der Waals surface area contributed by atoms with E-state index in [1.807, 2.05) is 12.1 Å². The van der Waals surface area contributed by atoms with E-state index in [1.54, 1.807) is 0 Å². The smallest absolute Gasteiger partial charge is 0.150 e. The first-order chi connectivity index (χ1) is 24.1. The summed E-state index contributed by atoms with van der Waals surface area (Å²) in [4.78, 5) is 17.4. The van der Waals surface area contributed by atoms with Crippen molar-refractivity contribution >= 4 is 17.7 Å². The Hall–Kier alpha value is -3.07. The molecule has 4 fully saturated rings. The highest BCUT2D eigenvalue weighted by atomic mass is 16.1. The molecule has 3 aromatic rings. The highest BCUT2D eigenvalue weighted by Gasteiger charge is 2.32. The Morgan fingerprint density at radius 3 is 1.14 bits per heavy atom. The zero-order chi connectivity index (χ0) is 33.6. The fourth-order valence-electron chi connectivity index (χ4n) is 10.5. The van der Waals surface area contributed by atoms with Gasteiger partial charge in [0.05, 0.1) is 0 Å². The summed E-state index contributed by atoms with van der Waals surface area (Å²) < 4.78 is 0. The Kier molecular flexibility index (Phi) is 11.4. The van der Waals surface area contributed by atoms with E-state index in [-0.39, 0.29) is 5.92 Å². The summed E-state index contributed by atoms with van der Waals surface area (Å²) >= 11 is 0. The molecule has 0 saturated heterocycles. The minimum Gasteiger partial charge on any atom is -0.366 e. The third kappa shape index (κ3) is 7.82. The molecule has 0 aromatic heterocycles. The molecule has 49 heavy (non-hydrogen) atoms. The predicted octanol–water partition coefficient (Wildman–Crippen LogP) is 12.2. The van der Waals surface area contributed by atoms with E-state index in [0.717, 1.165) is 11.8 Å². The van der Waals surface area contributed by atoms with Gasteiger partial charge in [0.1, 0.15) is 6.29 Å². The molecule has 0 aliphatic heterocycles. The lowest BCUT2D eigenvalue weighted by Gasteiger charge is -2.44. The maximum Gasteiger partial charge on any atom is 0.150 e. The van der Waals surface area contributed by atoms with Crippen molar-refractivity contribution in [2.24, 2.45) is 0 Å². The third-order valence-corrected chi connectivity index (χ3v) is 13.0. The van der Waals surface area contributed by atoms with E-state index in [2.05, 4.69) is 72.2 Å². The molecule has 0 spiro atoms. The molecule has 0 bridgehead atoms. The molecule has 0 atom stereocenters. The minimum atomic E-state index is 0.124. The van der Waals surface area contributed by atoms with Gasteiger partial charge >= 0.3 is 0 Å². The zero-order valence-electron chi connectivity index (χ0n) is 30.7. The fourth-order valence-corrected chi connectivity index (χ4v) is 10.5. The molecule has 3 nitrogen and oxygen atoms in total. The van der Waals surface area contributed by atoms with Gasteiger partial charge in [0, 0.05) is 47.0 Å². The number of anilines is 2. The largest absolute Gasteiger partial charge is 0.366 e. The number of carbonyl (C=O) groups excluding carboxylic acids is 1. The number of hydrogen-bond donors (Lipinski definition) is 0. The molecule has 4 aliphatic carbocycles. The van der Waals surface area contributed by atoms with E-state index in [4.69, 9.17) is 0 Å². The van der Waals surface area contributed by atoms with Crippen molar-refractivity contribution in [3.8, 4) is 0 Å². The van der Waals surface area contributed by atoms with Crippen LogP contribution < -0.4 is 9.80 Å². The van der Waals surface area contributed by atoms with Gasteiger partial charge in [-0.1, -0.05) is 113 Å². The van der Waals surface area contributed by atoms with Crippen molar-refractivity contribution in [2.75, 3.05) is 9.80 Å². The van der Waals surface area contributed by atoms with E-state index in [9.17, 15) is 4.79 Å². The van der Waals surface area contributed by atoms with Gasteiger partial charge in [-0.2, -0.15) is 0 Å². The highest BCUT2D eigenvalue weighted by molar-refractivity contribution is 5.75. The van der Waals surface area contributed by atoms with Crippen molar-refractivity contribution in [1.29, 1.82) is 0 Å². The molecular weight excluding hydrogens is 597 g/mol. The summed E-state index contributed by atoms with van der Waals surface area (Å²) in [6.45, 7) is 4.70. The second-order valence-corrected chi connectivity index (χ2v) is 16.3. The Balaban J connectivity index is 1.26. The van der Waals surface area contributed by atoms with Crippen molar-refractivity contribution in [3.05, 3.63) is 94.0 Å². The third-order valence-electron chi connectivity index (χ3n) is 13.0. The number of nitrogens with zero attached hydrogens (tertiary/aromatic N) is 2. The summed E-state index contributed by atoms with van der Waals surface area (Å²) in [7, 11) is 0. The number of rotatable bonds is 10. The van der Waals surface area contributed by atoms with Crippen LogP contribution in [-0.2, 0) is 0 Å². The van der Waals surface area contributed by atoms with Crippen LogP contribution in [0.3, 0.4) is 0 Å². The number of aldehydes is 1. The lowest BCUT2D eigenvalue weighted by molar-refractivity contribution is 0.112. The average molecular weight is 659 g/mol. The molecule has 3 aromatic carbocycles. The van der Waals surface area contributed by atoms with Crippen LogP contribution in [0.2, 0.25) is 0 Å². The first-order valence-corrected chi connectivity index (χ1v) is 20.4. The molecule has 0 amide bonds. The monoisotopic (exact) mass is 658 g/mol. The Morgan fingerprint density at radius 1 is 0.490 bits per heavy atom. The molecule has 0 unspecified atom stereocenters. The molecule has 7 rings (SSSR count). The molecule has 0 heterocycles. The quantitative estimate of drug-likeness (QED) is 0.160. The van der Waals surface area contributed by atoms with Gasteiger partial charge < -0.3 is 9.80 Å². The second kappa shape index (κ2) is 16.3. The Bertz CT molecular complexity index is 1380. The van der Waals surface area contributed by atoms with E-state index in [1.165, 1.54) is 168 Å². The van der Waals surface area contributed by atoms with Gasteiger partial charge in [-0.05, 0) is 117 Å². The number of carbonyl (C=O) groups is 1. The van der Waals surface area contributed by atoms with Gasteiger partial charge in [0.15, 0.2) is 0 Å². The topological polar surface area (TPSA) is 23.6 Å². The van der Waals surface area contributed by atoms with E-state index < -0.39 is 0 Å². The van der Waals surface area contributed by atoms with Gasteiger partial charge in [0.2, 0.25) is 0 Å². The first-order valence-electron chi connectivity index (χ1n) is 20.4. The van der Waals surface area contributed by atoms with Crippen LogP contribution in [0.15, 0.2) is 60.7 Å². The van der Waals surface area contributed by atoms with Crippen LogP contribution in [0.1, 0.15) is 173 Å². The van der Waals surface area contributed by atoms with E-state index >= 15 is 0 Å².